The van der Waals surface area contributed by atoms with Crippen LogP contribution in [0, 0.1) is 0 Å². The summed E-state index contributed by atoms with van der Waals surface area (Å²) in [6.45, 7) is 0. The van der Waals surface area contributed by atoms with Gasteiger partial charge in [-0.3, -0.25) is 13.9 Å². The maximum Gasteiger partial charge on any atom is 0.424 e. The van der Waals surface area contributed by atoms with Crippen molar-refractivity contribution in [2.24, 2.45) is 0 Å². The predicted molar refractivity (Wildman–Crippen MR) is 57.6 cm³/mol. The molecule has 1 N–H and O–H groups in total. The lowest BCUT2D eigenvalue weighted by molar-refractivity contribution is -0.301. The van der Waals surface area contributed by atoms with Gasteiger partial charge in [0.1, 0.15) is 0 Å². The molecule has 1 atom stereocenters. The van der Waals surface area contributed by atoms with Crippen LogP contribution < -0.4 is 0 Å². The average Bonchev–Trinajstić information content (AvgIpc) is 2.33. The van der Waals surface area contributed by atoms with Gasteiger partial charge in [-0.05, 0) is 0 Å². The summed E-state index contributed by atoms with van der Waals surface area (Å²) in [5.74, 6) is 0. The number of carbonyl (C=O) groups excluding carboxylic acids is 1. The van der Waals surface area contributed by atoms with Crippen LogP contribution in [0.5, 0.6) is 0 Å². The molecule has 0 fully saturated rings. The van der Waals surface area contributed by atoms with Crippen molar-refractivity contribution in [1.82, 2.24) is 0 Å². The first-order valence-corrected chi connectivity index (χ1v) is 6.68. The molecule has 21 heavy (non-hydrogen) atoms. The van der Waals surface area contributed by atoms with Gasteiger partial charge in [-0.15, -0.1) is 0 Å². The van der Waals surface area contributed by atoms with Gasteiger partial charge in [0.15, 0.2) is 0 Å². The van der Waals surface area contributed by atoms with Crippen molar-refractivity contribution >= 4 is 13.1 Å². The Morgan fingerprint density at radius 1 is 1.05 bits per heavy atom. The molecule has 0 aliphatic rings. The van der Waals surface area contributed by atoms with Crippen LogP contribution in [0.2, 0.25) is 0 Å². The Bertz CT molecular complexity index is 539. The zero-order valence-corrected chi connectivity index (χ0v) is 10.7. The summed E-state index contributed by atoms with van der Waals surface area (Å²) in [7, 11) is -5.83. The lowest BCUT2D eigenvalue weighted by Crippen LogP contribution is -2.44. The lowest BCUT2D eigenvalue weighted by Gasteiger charge is -2.24. The number of halogens is 6. The van der Waals surface area contributed by atoms with E-state index < -0.39 is 37.1 Å². The van der Waals surface area contributed by atoms with Gasteiger partial charge in [0.05, 0.1) is 0 Å². The maximum atomic E-state index is 12.2. The predicted octanol–water partition coefficient (Wildman–Crippen LogP) is 3.52. The second-order valence-corrected chi connectivity index (χ2v) is 5.42. The third kappa shape index (κ3) is 4.55. The molecule has 0 aliphatic heterocycles. The van der Waals surface area contributed by atoms with Gasteiger partial charge < -0.3 is 4.89 Å². The van der Waals surface area contributed by atoms with Crippen LogP contribution in [0.3, 0.4) is 0 Å². The summed E-state index contributed by atoms with van der Waals surface area (Å²) in [6, 6.07) is 5.69. The smallest absolute Gasteiger partial charge is 0.319 e. The largest absolute Gasteiger partial charge is 0.424 e. The molecule has 0 amide bonds. The van der Waals surface area contributed by atoms with Crippen LogP contribution in [0.25, 0.3) is 0 Å². The first-order valence-electron chi connectivity index (χ1n) is 5.10. The molecule has 0 saturated carbocycles. The molecule has 0 radical (unpaired) electrons. The first-order chi connectivity index (χ1) is 9.36. The first kappa shape index (κ1) is 17.7. The summed E-state index contributed by atoms with van der Waals surface area (Å²) < 4.78 is 87.9. The summed E-state index contributed by atoms with van der Waals surface area (Å²) >= 11 is 0. The Hall–Kier alpha value is -1.38. The SMILES string of the molecule is O=C(c1ccccc1)P(=O)(O)OC(C(F)(F)F)C(F)(F)F. The van der Waals surface area contributed by atoms with Crippen molar-refractivity contribution < 1.29 is 45.1 Å². The van der Waals surface area contributed by atoms with E-state index in [1.807, 2.05) is 0 Å². The Balaban J connectivity index is 3.08. The summed E-state index contributed by atoms with van der Waals surface area (Å²) in [5.41, 5.74) is -2.41. The molecule has 1 unspecified atom stereocenters. The fraction of sp³-hybridized carbons (Fsp3) is 0.300. The van der Waals surface area contributed by atoms with E-state index in [9.17, 15) is 35.7 Å². The number of hydrogen-bond acceptors (Lipinski definition) is 3. The third-order valence-corrected chi connectivity index (χ3v) is 3.39. The summed E-state index contributed by atoms with van der Waals surface area (Å²) in [6.07, 6.45) is -16.5. The van der Waals surface area contributed by atoms with Crippen molar-refractivity contribution in [2.75, 3.05) is 0 Å². The number of alkyl halides is 6. The minimum atomic E-state index is -5.99. The molecular formula is C10H7F6O4P. The monoisotopic (exact) mass is 336 g/mol. The highest BCUT2D eigenvalue weighted by atomic mass is 31.2. The van der Waals surface area contributed by atoms with Crippen LogP contribution in [0.1, 0.15) is 10.4 Å². The van der Waals surface area contributed by atoms with Crippen LogP contribution in [0.15, 0.2) is 30.3 Å². The summed E-state index contributed by atoms with van der Waals surface area (Å²) in [5, 5.41) is 0. The molecule has 0 saturated heterocycles. The Kier molecular flexibility index (Phi) is 4.87. The van der Waals surface area contributed by atoms with E-state index in [1.165, 1.54) is 18.2 Å². The number of hydrogen-bond donors (Lipinski definition) is 1. The van der Waals surface area contributed by atoms with Crippen LogP contribution in [-0.4, -0.2) is 28.9 Å². The van der Waals surface area contributed by atoms with Crippen LogP contribution in [-0.2, 0) is 9.09 Å². The van der Waals surface area contributed by atoms with Gasteiger partial charge in [-0.2, -0.15) is 26.3 Å². The fourth-order valence-corrected chi connectivity index (χ4v) is 2.34. The van der Waals surface area contributed by atoms with E-state index in [4.69, 9.17) is 4.89 Å². The van der Waals surface area contributed by atoms with Crippen LogP contribution in [0.4, 0.5) is 26.3 Å². The minimum absolute atomic E-state index is 0.550. The van der Waals surface area contributed by atoms with Crippen molar-refractivity contribution in [1.29, 1.82) is 0 Å². The van der Waals surface area contributed by atoms with E-state index in [0.717, 1.165) is 12.1 Å². The normalized spacial score (nSPS) is 15.8. The van der Waals surface area contributed by atoms with Gasteiger partial charge >= 0.3 is 19.9 Å². The van der Waals surface area contributed by atoms with Crippen molar-refractivity contribution in [2.45, 2.75) is 18.5 Å². The number of rotatable bonds is 4. The van der Waals surface area contributed by atoms with Gasteiger partial charge in [0.2, 0.25) is 0 Å². The Morgan fingerprint density at radius 3 is 1.86 bits per heavy atom. The van der Waals surface area contributed by atoms with E-state index in [1.54, 1.807) is 0 Å². The second-order valence-electron chi connectivity index (χ2n) is 3.76. The molecule has 11 heteroatoms. The highest BCUT2D eigenvalue weighted by molar-refractivity contribution is 7.71. The highest BCUT2D eigenvalue weighted by Gasteiger charge is 2.61. The fourth-order valence-electron chi connectivity index (χ4n) is 1.24. The number of carbonyl (C=O) groups is 1. The quantitative estimate of drug-likeness (QED) is 0.675. The van der Waals surface area contributed by atoms with Gasteiger partial charge in [-0.25, -0.2) is 0 Å². The lowest BCUT2D eigenvalue weighted by atomic mass is 10.2. The zero-order chi connectivity index (χ0) is 16.5. The molecule has 0 bridgehead atoms. The molecule has 1 aromatic rings. The van der Waals surface area contributed by atoms with Gasteiger partial charge in [0, 0.05) is 5.56 Å². The standard InChI is InChI=1S/C10H7F6O4P/c11-9(12,13)8(10(14,15)16)20-21(18,19)7(17)6-4-2-1-3-5-6/h1-5,8H,(H,18,19). The molecule has 0 aromatic heterocycles. The van der Waals surface area contributed by atoms with Crippen molar-refractivity contribution in [3.05, 3.63) is 35.9 Å². The summed E-state index contributed by atoms with van der Waals surface area (Å²) in [4.78, 5) is 20.6. The molecular weight excluding hydrogens is 329 g/mol. The third-order valence-electron chi connectivity index (χ3n) is 2.12. The minimum Gasteiger partial charge on any atom is -0.319 e. The van der Waals surface area contributed by atoms with Crippen molar-refractivity contribution in [3.63, 3.8) is 0 Å². The zero-order valence-electron chi connectivity index (χ0n) is 9.85. The van der Waals surface area contributed by atoms with Crippen molar-refractivity contribution in [3.8, 4) is 0 Å². The molecule has 1 rings (SSSR count). The second kappa shape index (κ2) is 5.78. The van der Waals surface area contributed by atoms with E-state index in [0.29, 0.717) is 0 Å². The Labute approximate surface area is 113 Å². The van der Waals surface area contributed by atoms with Gasteiger partial charge in [0.25, 0.3) is 11.6 Å². The molecule has 0 spiro atoms. The Morgan fingerprint density at radius 2 is 1.48 bits per heavy atom. The van der Waals surface area contributed by atoms with Crippen LogP contribution >= 0.6 is 7.60 Å². The molecule has 118 valence electrons. The maximum absolute atomic E-state index is 12.2. The van der Waals surface area contributed by atoms with E-state index in [-0.39, 0.29) is 0 Å². The van der Waals surface area contributed by atoms with Gasteiger partial charge in [-0.1, -0.05) is 30.3 Å². The van der Waals surface area contributed by atoms with E-state index in [2.05, 4.69) is 4.52 Å². The molecule has 0 aliphatic carbocycles. The number of benzene rings is 1. The van der Waals surface area contributed by atoms with E-state index >= 15 is 0 Å². The molecule has 0 heterocycles. The topological polar surface area (TPSA) is 63.6 Å². The molecule has 1 aromatic carbocycles. The molecule has 4 nitrogen and oxygen atoms in total. The highest BCUT2D eigenvalue weighted by Crippen LogP contribution is 2.51. The average molecular weight is 336 g/mol.